The van der Waals surface area contributed by atoms with Gasteiger partial charge in [0.1, 0.15) is 11.4 Å². The predicted molar refractivity (Wildman–Crippen MR) is 94.6 cm³/mol. The van der Waals surface area contributed by atoms with Crippen molar-refractivity contribution in [3.63, 3.8) is 0 Å². The molecule has 24 heavy (non-hydrogen) atoms. The third kappa shape index (κ3) is 2.85. The highest BCUT2D eigenvalue weighted by Crippen LogP contribution is 2.44. The molecule has 6 heteroatoms. The molecule has 0 amide bonds. The van der Waals surface area contributed by atoms with Gasteiger partial charge in [0.05, 0.1) is 18.4 Å². The summed E-state index contributed by atoms with van der Waals surface area (Å²) in [6, 6.07) is 2.03. The molecule has 5 nitrogen and oxygen atoms in total. The first-order chi connectivity index (χ1) is 11.6. The fourth-order valence-electron chi connectivity index (χ4n) is 4.01. The summed E-state index contributed by atoms with van der Waals surface area (Å²) in [5.74, 6) is 2.96. The van der Waals surface area contributed by atoms with Gasteiger partial charge in [0.15, 0.2) is 0 Å². The van der Waals surface area contributed by atoms with E-state index in [-0.39, 0.29) is 6.10 Å². The van der Waals surface area contributed by atoms with E-state index in [0.29, 0.717) is 17.8 Å². The van der Waals surface area contributed by atoms with Crippen molar-refractivity contribution >= 4 is 23.7 Å². The molecule has 0 bridgehead atoms. The van der Waals surface area contributed by atoms with E-state index in [1.807, 2.05) is 18.2 Å². The van der Waals surface area contributed by atoms with Crippen molar-refractivity contribution in [3.8, 4) is 5.75 Å². The highest BCUT2D eigenvalue weighted by atomic mass is 16.5. The Bertz CT molecular complexity index is 763. The lowest BCUT2D eigenvalue weighted by atomic mass is 9.72. The second kappa shape index (κ2) is 6.26. The molecule has 126 valence electrons. The number of hydrogen-bond acceptors (Lipinski definition) is 4. The topological polar surface area (TPSA) is 67.4 Å². The van der Waals surface area contributed by atoms with E-state index in [2.05, 4.69) is 23.8 Å². The summed E-state index contributed by atoms with van der Waals surface area (Å²) in [5, 5.41) is 11.2. The van der Waals surface area contributed by atoms with Crippen LogP contribution in [0.4, 0.5) is 0 Å². The van der Waals surface area contributed by atoms with Gasteiger partial charge in [0.25, 0.3) is 0 Å². The molecule has 1 aliphatic heterocycles. The lowest BCUT2D eigenvalue weighted by molar-refractivity contribution is -0.0159. The van der Waals surface area contributed by atoms with E-state index < -0.39 is 7.12 Å². The third-order valence-corrected chi connectivity index (χ3v) is 4.99. The molecule has 2 aliphatic rings. The molecule has 3 heterocycles. The SMILES string of the molecule is CC(C)O[C@H]1CC[C@H](C2=CB(O)Oc3cnc4[nH]ccc4c32)CC1. The molecule has 1 saturated carbocycles. The number of nitrogens with one attached hydrogen (secondary N) is 1. The summed E-state index contributed by atoms with van der Waals surface area (Å²) in [6.07, 6.45) is 8.51. The highest BCUT2D eigenvalue weighted by Gasteiger charge is 2.33. The van der Waals surface area contributed by atoms with Gasteiger partial charge in [-0.2, -0.15) is 0 Å². The van der Waals surface area contributed by atoms with E-state index >= 15 is 0 Å². The number of nitrogens with zero attached hydrogens (tertiary/aromatic N) is 1. The van der Waals surface area contributed by atoms with Crippen LogP contribution >= 0.6 is 0 Å². The number of ether oxygens (including phenoxy) is 1. The summed E-state index contributed by atoms with van der Waals surface area (Å²) in [4.78, 5) is 7.53. The van der Waals surface area contributed by atoms with Crippen LogP contribution in [0.5, 0.6) is 5.75 Å². The van der Waals surface area contributed by atoms with Gasteiger partial charge in [0, 0.05) is 17.1 Å². The summed E-state index contributed by atoms with van der Waals surface area (Å²) >= 11 is 0. The second-order valence-electron chi connectivity index (χ2n) is 7.03. The fourth-order valence-corrected chi connectivity index (χ4v) is 4.01. The highest BCUT2D eigenvalue weighted by molar-refractivity contribution is 6.52. The maximum atomic E-state index is 10.1. The van der Waals surface area contributed by atoms with Crippen molar-refractivity contribution in [2.45, 2.75) is 51.7 Å². The van der Waals surface area contributed by atoms with Crippen LogP contribution in [0.1, 0.15) is 45.1 Å². The minimum Gasteiger partial charge on any atom is -0.531 e. The van der Waals surface area contributed by atoms with Crippen molar-refractivity contribution in [3.05, 3.63) is 30.0 Å². The fraction of sp³-hybridized carbons (Fsp3) is 0.500. The van der Waals surface area contributed by atoms with Gasteiger partial charge in [-0.1, -0.05) is 0 Å². The number of aromatic amines is 1. The Kier molecular flexibility index (Phi) is 4.10. The molecule has 2 N–H and O–H groups in total. The molecular formula is C18H23BN2O3. The van der Waals surface area contributed by atoms with Gasteiger partial charge >= 0.3 is 7.12 Å². The number of hydrogen-bond donors (Lipinski definition) is 2. The van der Waals surface area contributed by atoms with Crippen LogP contribution in [0.25, 0.3) is 16.6 Å². The minimum atomic E-state index is -0.893. The van der Waals surface area contributed by atoms with Crippen LogP contribution in [0, 0.1) is 5.92 Å². The molecule has 4 rings (SSSR count). The number of fused-ring (bicyclic) bond motifs is 3. The zero-order valence-corrected chi connectivity index (χ0v) is 14.2. The lowest BCUT2D eigenvalue weighted by Gasteiger charge is -2.33. The molecule has 0 aromatic carbocycles. The van der Waals surface area contributed by atoms with Gasteiger partial charge in [-0.15, -0.1) is 0 Å². The third-order valence-electron chi connectivity index (χ3n) is 4.99. The molecule has 0 atom stereocenters. The normalized spacial score (nSPS) is 24.0. The first-order valence-corrected chi connectivity index (χ1v) is 8.80. The summed E-state index contributed by atoms with van der Waals surface area (Å²) in [6.45, 7) is 4.19. The van der Waals surface area contributed by atoms with Crippen molar-refractivity contribution in [2.24, 2.45) is 5.92 Å². The van der Waals surface area contributed by atoms with Crippen molar-refractivity contribution in [2.75, 3.05) is 0 Å². The number of H-pyrrole nitrogens is 1. The number of aromatic nitrogens is 2. The van der Waals surface area contributed by atoms with Gasteiger partial charge in [-0.3, -0.25) is 0 Å². The van der Waals surface area contributed by atoms with Crippen LogP contribution < -0.4 is 4.65 Å². The van der Waals surface area contributed by atoms with Crippen LogP contribution in [-0.4, -0.2) is 34.3 Å². The predicted octanol–water partition coefficient (Wildman–Crippen LogP) is 3.34. The Morgan fingerprint density at radius 3 is 2.88 bits per heavy atom. The zero-order valence-electron chi connectivity index (χ0n) is 14.2. The maximum Gasteiger partial charge on any atom is 0.552 e. The summed E-state index contributed by atoms with van der Waals surface area (Å²) in [5.41, 5.74) is 3.13. The lowest BCUT2D eigenvalue weighted by Crippen LogP contribution is -2.29. The summed E-state index contributed by atoms with van der Waals surface area (Å²) < 4.78 is 11.5. The van der Waals surface area contributed by atoms with E-state index in [0.717, 1.165) is 42.3 Å². The standard InChI is InChI=1S/C18H23BN2O3/c1-11(2)23-13-5-3-12(4-6-13)15-9-19(22)24-16-10-21-18-14(17(15)16)7-8-20-18/h7-13,22H,3-6H2,1-2H3,(H,20,21)/t12-,13-. The minimum absolute atomic E-state index is 0.280. The number of allylic oxidation sites excluding steroid dienone is 1. The van der Waals surface area contributed by atoms with E-state index in [4.69, 9.17) is 9.39 Å². The van der Waals surface area contributed by atoms with Crippen LogP contribution in [0.2, 0.25) is 0 Å². The van der Waals surface area contributed by atoms with Gasteiger partial charge in [-0.05, 0) is 63.1 Å². The molecule has 1 aliphatic carbocycles. The zero-order chi connectivity index (χ0) is 16.7. The van der Waals surface area contributed by atoms with E-state index in [1.54, 1.807) is 6.20 Å². The largest absolute Gasteiger partial charge is 0.552 e. The van der Waals surface area contributed by atoms with E-state index in [9.17, 15) is 5.02 Å². The van der Waals surface area contributed by atoms with Gasteiger partial charge in [0.2, 0.25) is 0 Å². The first kappa shape index (κ1) is 15.7. The van der Waals surface area contributed by atoms with Gasteiger partial charge in [-0.25, -0.2) is 4.98 Å². The maximum absolute atomic E-state index is 10.1. The molecule has 0 unspecified atom stereocenters. The van der Waals surface area contributed by atoms with Crippen molar-refractivity contribution in [1.82, 2.24) is 9.97 Å². The average Bonchev–Trinajstić information content (AvgIpc) is 3.02. The van der Waals surface area contributed by atoms with Crippen LogP contribution in [0.3, 0.4) is 0 Å². The van der Waals surface area contributed by atoms with Crippen molar-refractivity contribution < 1.29 is 14.4 Å². The molecule has 0 radical (unpaired) electrons. The van der Waals surface area contributed by atoms with E-state index in [1.165, 1.54) is 5.57 Å². The smallest absolute Gasteiger partial charge is 0.531 e. The van der Waals surface area contributed by atoms with Crippen LogP contribution in [0.15, 0.2) is 24.4 Å². The Morgan fingerprint density at radius 1 is 1.33 bits per heavy atom. The second-order valence-corrected chi connectivity index (χ2v) is 7.03. The molecular weight excluding hydrogens is 303 g/mol. The quantitative estimate of drug-likeness (QED) is 0.849. The Labute approximate surface area is 142 Å². The average molecular weight is 326 g/mol. The Hall–Kier alpha value is -1.79. The first-order valence-electron chi connectivity index (χ1n) is 8.80. The summed E-state index contributed by atoms with van der Waals surface area (Å²) in [7, 11) is -0.893. The Morgan fingerprint density at radius 2 is 2.12 bits per heavy atom. The molecule has 1 fully saturated rings. The van der Waals surface area contributed by atoms with Crippen molar-refractivity contribution in [1.29, 1.82) is 0 Å². The molecule has 2 aromatic heterocycles. The van der Waals surface area contributed by atoms with Gasteiger partial charge < -0.3 is 19.4 Å². The number of pyridine rings is 1. The molecule has 0 saturated heterocycles. The monoisotopic (exact) mass is 326 g/mol. The Balaban J connectivity index is 1.63. The molecule has 2 aromatic rings. The van der Waals surface area contributed by atoms with Crippen LogP contribution in [-0.2, 0) is 4.74 Å². The molecule has 0 spiro atoms. The number of rotatable bonds is 3.